The maximum absolute atomic E-state index is 11.4. The van der Waals surface area contributed by atoms with Gasteiger partial charge in [-0.15, -0.1) is 11.3 Å². The van der Waals surface area contributed by atoms with E-state index in [0.29, 0.717) is 23.3 Å². The lowest BCUT2D eigenvalue weighted by Gasteiger charge is -2.31. The van der Waals surface area contributed by atoms with Crippen LogP contribution in [-0.2, 0) is 21.1 Å². The largest absolute Gasteiger partial charge is 0.375 e. The summed E-state index contributed by atoms with van der Waals surface area (Å²) in [6.07, 6.45) is 1.35. The molecule has 0 bridgehead atoms. The van der Waals surface area contributed by atoms with Crippen LogP contribution in [0.5, 0.6) is 0 Å². The normalized spacial score (nSPS) is 21.2. The smallest absolute Gasteiger partial charge is 0.191 e. The van der Waals surface area contributed by atoms with Gasteiger partial charge in [-0.1, -0.05) is 0 Å². The Bertz CT molecular complexity index is 595. The summed E-state index contributed by atoms with van der Waals surface area (Å²) in [5.41, 5.74) is 5.96. The van der Waals surface area contributed by atoms with Crippen molar-refractivity contribution in [3.8, 4) is 0 Å². The summed E-state index contributed by atoms with van der Waals surface area (Å²) in [6, 6.07) is 3.39. The molecule has 1 saturated heterocycles. The molecule has 1 atom stereocenters. The van der Waals surface area contributed by atoms with E-state index in [2.05, 4.69) is 4.99 Å². The Morgan fingerprint density at radius 1 is 1.60 bits per heavy atom. The van der Waals surface area contributed by atoms with E-state index in [4.69, 9.17) is 10.5 Å². The van der Waals surface area contributed by atoms with Crippen molar-refractivity contribution >= 4 is 27.1 Å². The first-order chi connectivity index (χ1) is 9.36. The molecule has 2 rings (SSSR count). The van der Waals surface area contributed by atoms with Gasteiger partial charge in [0.1, 0.15) is 4.21 Å². The standard InChI is InChI=1S/C12H19N3O3S2/c1-9-8-15(5-6-18-9)12(13)14-7-10-3-4-11(19-10)20(2,16)17/h3-4,9H,5-8H2,1-2H3,(H2,13,14). The molecule has 0 radical (unpaired) electrons. The van der Waals surface area contributed by atoms with Crippen LogP contribution in [0.1, 0.15) is 11.8 Å². The molecule has 0 aliphatic carbocycles. The lowest BCUT2D eigenvalue weighted by molar-refractivity contribution is 0.00529. The van der Waals surface area contributed by atoms with Crippen LogP contribution >= 0.6 is 11.3 Å². The number of aliphatic imine (C=N–C) groups is 1. The minimum absolute atomic E-state index is 0.149. The zero-order valence-corrected chi connectivity index (χ0v) is 13.2. The van der Waals surface area contributed by atoms with E-state index in [1.54, 1.807) is 12.1 Å². The molecular formula is C12H19N3O3S2. The zero-order chi connectivity index (χ0) is 14.8. The van der Waals surface area contributed by atoms with E-state index in [1.165, 1.54) is 17.6 Å². The highest BCUT2D eigenvalue weighted by molar-refractivity contribution is 7.92. The van der Waals surface area contributed by atoms with Crippen molar-refractivity contribution in [2.45, 2.75) is 23.8 Å². The maximum Gasteiger partial charge on any atom is 0.191 e. The first-order valence-electron chi connectivity index (χ1n) is 6.31. The third-order valence-electron chi connectivity index (χ3n) is 2.96. The van der Waals surface area contributed by atoms with Gasteiger partial charge in [-0.3, -0.25) is 0 Å². The minimum atomic E-state index is -3.14. The zero-order valence-electron chi connectivity index (χ0n) is 11.6. The summed E-state index contributed by atoms with van der Waals surface area (Å²) >= 11 is 1.24. The van der Waals surface area contributed by atoms with Gasteiger partial charge in [0.05, 0.1) is 19.3 Å². The number of thiophene rings is 1. The molecule has 1 aromatic heterocycles. The van der Waals surface area contributed by atoms with E-state index in [9.17, 15) is 8.42 Å². The van der Waals surface area contributed by atoms with Crippen molar-refractivity contribution in [1.29, 1.82) is 0 Å². The van der Waals surface area contributed by atoms with Crippen LogP contribution in [0, 0.1) is 0 Å². The highest BCUT2D eigenvalue weighted by atomic mass is 32.2. The predicted molar refractivity (Wildman–Crippen MR) is 79.7 cm³/mol. The van der Waals surface area contributed by atoms with Crippen LogP contribution in [0.3, 0.4) is 0 Å². The first-order valence-corrected chi connectivity index (χ1v) is 9.02. The Balaban J connectivity index is 1.99. The molecule has 0 saturated carbocycles. The van der Waals surface area contributed by atoms with Gasteiger partial charge in [-0.2, -0.15) is 0 Å². The molecule has 1 aliphatic rings. The fourth-order valence-electron chi connectivity index (χ4n) is 1.93. The topological polar surface area (TPSA) is 85.0 Å². The van der Waals surface area contributed by atoms with Gasteiger partial charge in [-0.05, 0) is 19.1 Å². The van der Waals surface area contributed by atoms with E-state index >= 15 is 0 Å². The Hall–Kier alpha value is -1.12. The summed E-state index contributed by atoms with van der Waals surface area (Å²) in [4.78, 5) is 7.20. The molecule has 0 aromatic carbocycles. The van der Waals surface area contributed by atoms with Crippen LogP contribution < -0.4 is 5.73 Å². The van der Waals surface area contributed by atoms with Gasteiger partial charge in [0, 0.05) is 24.2 Å². The first kappa shape index (κ1) is 15.3. The number of morpholine rings is 1. The number of hydrogen-bond acceptors (Lipinski definition) is 5. The summed E-state index contributed by atoms with van der Waals surface area (Å²) < 4.78 is 28.6. The van der Waals surface area contributed by atoms with Gasteiger partial charge in [0.25, 0.3) is 0 Å². The molecule has 8 heteroatoms. The summed E-state index contributed by atoms with van der Waals surface area (Å²) in [7, 11) is -3.14. The molecule has 20 heavy (non-hydrogen) atoms. The third kappa shape index (κ3) is 3.94. The summed E-state index contributed by atoms with van der Waals surface area (Å²) in [6.45, 7) is 4.51. The second-order valence-corrected chi connectivity index (χ2v) is 8.21. The van der Waals surface area contributed by atoms with Crippen LogP contribution in [0.2, 0.25) is 0 Å². The predicted octanol–water partition coefficient (Wildman–Crippen LogP) is 0.687. The Kier molecular flexibility index (Phi) is 4.66. The second-order valence-electron chi connectivity index (χ2n) is 4.79. The Morgan fingerprint density at radius 3 is 2.95 bits per heavy atom. The van der Waals surface area contributed by atoms with Gasteiger partial charge < -0.3 is 15.4 Å². The van der Waals surface area contributed by atoms with E-state index < -0.39 is 9.84 Å². The monoisotopic (exact) mass is 317 g/mol. The molecule has 0 spiro atoms. The molecule has 1 aliphatic heterocycles. The van der Waals surface area contributed by atoms with Crippen molar-refractivity contribution in [2.24, 2.45) is 10.7 Å². The number of nitrogens with zero attached hydrogens (tertiary/aromatic N) is 2. The van der Waals surface area contributed by atoms with Crippen LogP contribution in [0.15, 0.2) is 21.3 Å². The van der Waals surface area contributed by atoms with Crippen molar-refractivity contribution in [3.63, 3.8) is 0 Å². The number of sulfone groups is 1. The molecule has 0 amide bonds. The molecule has 1 unspecified atom stereocenters. The molecule has 2 N–H and O–H groups in total. The number of ether oxygens (including phenoxy) is 1. The van der Waals surface area contributed by atoms with Gasteiger partial charge >= 0.3 is 0 Å². The number of nitrogens with two attached hydrogens (primary N) is 1. The number of guanidine groups is 1. The average molecular weight is 317 g/mol. The SMILES string of the molecule is CC1CN(C(N)=NCc2ccc(S(C)(=O)=O)s2)CCO1. The molecule has 2 heterocycles. The minimum Gasteiger partial charge on any atom is -0.375 e. The summed E-state index contributed by atoms with van der Waals surface area (Å²) in [5, 5.41) is 0. The van der Waals surface area contributed by atoms with Crippen molar-refractivity contribution < 1.29 is 13.2 Å². The van der Waals surface area contributed by atoms with Crippen molar-refractivity contribution in [3.05, 3.63) is 17.0 Å². The van der Waals surface area contributed by atoms with Gasteiger partial charge in [0.2, 0.25) is 0 Å². The molecule has 112 valence electrons. The number of rotatable bonds is 3. The number of hydrogen-bond donors (Lipinski definition) is 1. The molecular weight excluding hydrogens is 298 g/mol. The molecule has 6 nitrogen and oxygen atoms in total. The molecule has 1 fully saturated rings. The maximum atomic E-state index is 11.4. The van der Waals surface area contributed by atoms with E-state index in [0.717, 1.165) is 18.0 Å². The van der Waals surface area contributed by atoms with Crippen molar-refractivity contribution in [1.82, 2.24) is 4.90 Å². The van der Waals surface area contributed by atoms with Crippen molar-refractivity contribution in [2.75, 3.05) is 26.0 Å². The Morgan fingerprint density at radius 2 is 2.35 bits per heavy atom. The highest BCUT2D eigenvalue weighted by Crippen LogP contribution is 2.22. The fraction of sp³-hybridized carbons (Fsp3) is 0.583. The van der Waals surface area contributed by atoms with Crippen LogP contribution in [0.4, 0.5) is 0 Å². The van der Waals surface area contributed by atoms with Gasteiger partial charge in [-0.25, -0.2) is 13.4 Å². The van der Waals surface area contributed by atoms with Gasteiger partial charge in [0.15, 0.2) is 15.8 Å². The highest BCUT2D eigenvalue weighted by Gasteiger charge is 2.18. The average Bonchev–Trinajstić information content (AvgIpc) is 2.84. The van der Waals surface area contributed by atoms with E-state index in [-0.39, 0.29) is 6.10 Å². The van der Waals surface area contributed by atoms with Crippen LogP contribution in [0.25, 0.3) is 0 Å². The van der Waals surface area contributed by atoms with E-state index in [1.807, 2.05) is 11.8 Å². The Labute approximate surface area is 123 Å². The van der Waals surface area contributed by atoms with Crippen LogP contribution in [-0.4, -0.2) is 51.3 Å². The lowest BCUT2D eigenvalue weighted by atomic mass is 10.3. The summed E-state index contributed by atoms with van der Waals surface area (Å²) in [5.74, 6) is 0.481. The molecule has 1 aromatic rings. The fourth-order valence-corrected chi connectivity index (χ4v) is 3.83. The lowest BCUT2D eigenvalue weighted by Crippen LogP contribution is -2.47. The third-order valence-corrected chi connectivity index (χ3v) is 5.85. The second kappa shape index (κ2) is 6.11. The quantitative estimate of drug-likeness (QED) is 0.655.